The normalized spacial score (nSPS) is 13.6. The molecule has 0 unspecified atom stereocenters. The maximum absolute atomic E-state index is 12.9. The predicted molar refractivity (Wildman–Crippen MR) is 121 cm³/mol. The summed E-state index contributed by atoms with van der Waals surface area (Å²) >= 11 is 5.93. The SMILES string of the molecule is CCOc1cc(C(=O)N(C)Cc2ccc(Cl)cc2)ccc1OCC(=O)N1CCCCC1. The predicted octanol–water partition coefficient (Wildman–Crippen LogP) is 4.40. The van der Waals surface area contributed by atoms with Gasteiger partial charge in [0, 0.05) is 37.3 Å². The van der Waals surface area contributed by atoms with Crippen molar-refractivity contribution in [1.29, 1.82) is 0 Å². The Morgan fingerprint density at radius 1 is 1.00 bits per heavy atom. The fraction of sp³-hybridized carbons (Fsp3) is 0.417. The quantitative estimate of drug-likeness (QED) is 0.605. The van der Waals surface area contributed by atoms with Crippen molar-refractivity contribution >= 4 is 23.4 Å². The van der Waals surface area contributed by atoms with E-state index < -0.39 is 0 Å². The first-order valence-corrected chi connectivity index (χ1v) is 11.0. The fourth-order valence-corrected chi connectivity index (χ4v) is 3.68. The summed E-state index contributed by atoms with van der Waals surface area (Å²) in [5, 5.41) is 0.661. The first kappa shape index (κ1) is 22.9. The molecule has 6 nitrogen and oxygen atoms in total. The Morgan fingerprint density at radius 3 is 2.39 bits per heavy atom. The van der Waals surface area contributed by atoms with Gasteiger partial charge in [-0.1, -0.05) is 23.7 Å². The molecule has 0 N–H and O–H groups in total. The average molecular weight is 445 g/mol. The van der Waals surface area contributed by atoms with Gasteiger partial charge in [0.25, 0.3) is 11.8 Å². The monoisotopic (exact) mass is 444 g/mol. The van der Waals surface area contributed by atoms with E-state index in [9.17, 15) is 9.59 Å². The maximum atomic E-state index is 12.9. The first-order valence-electron chi connectivity index (χ1n) is 10.6. The molecule has 1 aliphatic rings. The Balaban J connectivity index is 1.66. The summed E-state index contributed by atoms with van der Waals surface area (Å²) in [6.45, 7) is 4.28. The molecule has 0 bridgehead atoms. The lowest BCUT2D eigenvalue weighted by Crippen LogP contribution is -2.38. The Morgan fingerprint density at radius 2 is 1.71 bits per heavy atom. The third kappa shape index (κ3) is 6.37. The molecule has 2 aromatic rings. The lowest BCUT2D eigenvalue weighted by molar-refractivity contribution is -0.134. The number of carbonyl (C=O) groups excluding carboxylic acids is 2. The molecule has 7 heteroatoms. The second kappa shape index (κ2) is 11.0. The third-order valence-corrected chi connectivity index (χ3v) is 5.48. The smallest absolute Gasteiger partial charge is 0.260 e. The third-order valence-electron chi connectivity index (χ3n) is 5.23. The zero-order chi connectivity index (χ0) is 22.2. The van der Waals surface area contributed by atoms with Crippen LogP contribution in [-0.4, -0.2) is 55.0 Å². The summed E-state index contributed by atoms with van der Waals surface area (Å²) in [5.74, 6) is 0.764. The van der Waals surface area contributed by atoms with E-state index >= 15 is 0 Å². The van der Waals surface area contributed by atoms with E-state index in [2.05, 4.69) is 0 Å². The second-order valence-corrected chi connectivity index (χ2v) is 8.05. The number of hydrogen-bond donors (Lipinski definition) is 0. The molecule has 0 spiro atoms. The van der Waals surface area contributed by atoms with Crippen molar-refractivity contribution < 1.29 is 19.1 Å². The van der Waals surface area contributed by atoms with E-state index in [1.54, 1.807) is 42.3 Å². The zero-order valence-corrected chi connectivity index (χ0v) is 18.9. The number of piperidine rings is 1. The highest BCUT2D eigenvalue weighted by Gasteiger charge is 2.19. The zero-order valence-electron chi connectivity index (χ0n) is 18.1. The van der Waals surface area contributed by atoms with Gasteiger partial charge in [-0.15, -0.1) is 0 Å². The number of likely N-dealkylation sites (tertiary alicyclic amines) is 1. The van der Waals surface area contributed by atoms with Crippen LogP contribution in [0.25, 0.3) is 0 Å². The summed E-state index contributed by atoms with van der Waals surface area (Å²) in [6.07, 6.45) is 3.24. The van der Waals surface area contributed by atoms with E-state index in [1.165, 1.54) is 6.42 Å². The van der Waals surface area contributed by atoms with Crippen molar-refractivity contribution in [2.75, 3.05) is 33.4 Å². The minimum absolute atomic E-state index is 0.0231. The van der Waals surface area contributed by atoms with Crippen LogP contribution in [-0.2, 0) is 11.3 Å². The largest absolute Gasteiger partial charge is 0.490 e. The summed E-state index contributed by atoms with van der Waals surface area (Å²) < 4.78 is 11.4. The summed E-state index contributed by atoms with van der Waals surface area (Å²) in [7, 11) is 1.75. The molecule has 2 amide bonds. The van der Waals surface area contributed by atoms with Crippen molar-refractivity contribution in [2.24, 2.45) is 0 Å². The van der Waals surface area contributed by atoms with Gasteiger partial charge in [0.05, 0.1) is 6.61 Å². The van der Waals surface area contributed by atoms with Crippen LogP contribution < -0.4 is 9.47 Å². The standard InChI is InChI=1S/C24H29ClN2O4/c1-3-30-22-15-19(24(29)26(2)16-18-7-10-20(25)11-8-18)9-12-21(22)31-17-23(28)27-13-5-4-6-14-27/h7-12,15H,3-6,13-14,16-17H2,1-2H3. The number of halogens is 1. The highest BCUT2D eigenvalue weighted by molar-refractivity contribution is 6.30. The molecule has 1 saturated heterocycles. The molecule has 2 aromatic carbocycles. The topological polar surface area (TPSA) is 59.1 Å². The van der Waals surface area contributed by atoms with Crippen LogP contribution in [0.1, 0.15) is 42.1 Å². The molecule has 0 aliphatic carbocycles. The summed E-state index contributed by atoms with van der Waals surface area (Å²) in [4.78, 5) is 28.8. The average Bonchev–Trinajstić information content (AvgIpc) is 2.79. The van der Waals surface area contributed by atoms with Gasteiger partial charge < -0.3 is 19.3 Å². The van der Waals surface area contributed by atoms with Crippen LogP contribution in [0.4, 0.5) is 0 Å². The number of rotatable bonds is 8. The summed E-state index contributed by atoms with van der Waals surface area (Å²) in [6, 6.07) is 12.5. The number of carbonyl (C=O) groups is 2. The highest BCUT2D eigenvalue weighted by atomic mass is 35.5. The van der Waals surface area contributed by atoms with Crippen molar-refractivity contribution in [3.63, 3.8) is 0 Å². The number of nitrogens with zero attached hydrogens (tertiary/aromatic N) is 2. The Bertz CT molecular complexity index is 895. The molecule has 0 saturated carbocycles. The van der Waals surface area contributed by atoms with Crippen molar-refractivity contribution in [2.45, 2.75) is 32.7 Å². The number of amides is 2. The van der Waals surface area contributed by atoms with Crippen molar-refractivity contribution in [3.8, 4) is 11.5 Å². The van der Waals surface area contributed by atoms with Gasteiger partial charge in [-0.3, -0.25) is 9.59 Å². The number of hydrogen-bond acceptors (Lipinski definition) is 4. The van der Waals surface area contributed by atoms with E-state index in [0.29, 0.717) is 35.2 Å². The van der Waals surface area contributed by atoms with E-state index in [1.807, 2.05) is 24.0 Å². The van der Waals surface area contributed by atoms with Gasteiger partial charge in [-0.25, -0.2) is 0 Å². The fourth-order valence-electron chi connectivity index (χ4n) is 3.56. The minimum Gasteiger partial charge on any atom is -0.490 e. The number of benzene rings is 2. The van der Waals surface area contributed by atoms with E-state index in [4.69, 9.17) is 21.1 Å². The van der Waals surface area contributed by atoms with Crippen LogP contribution in [0.5, 0.6) is 11.5 Å². The highest BCUT2D eigenvalue weighted by Crippen LogP contribution is 2.29. The van der Waals surface area contributed by atoms with E-state index in [-0.39, 0.29) is 18.4 Å². The molecule has 0 atom stereocenters. The molecular formula is C24H29ClN2O4. The Labute approximate surface area is 188 Å². The van der Waals surface area contributed by atoms with Crippen LogP contribution in [0.2, 0.25) is 5.02 Å². The molecule has 0 aromatic heterocycles. The van der Waals surface area contributed by atoms with Gasteiger partial charge >= 0.3 is 0 Å². The molecular weight excluding hydrogens is 416 g/mol. The molecule has 166 valence electrons. The van der Waals surface area contributed by atoms with Gasteiger partial charge in [-0.05, 0) is 62.1 Å². The van der Waals surface area contributed by atoms with Crippen molar-refractivity contribution in [3.05, 3.63) is 58.6 Å². The van der Waals surface area contributed by atoms with Gasteiger partial charge in [0.2, 0.25) is 0 Å². The van der Waals surface area contributed by atoms with Crippen molar-refractivity contribution in [1.82, 2.24) is 9.80 Å². The minimum atomic E-state index is -0.133. The molecule has 0 radical (unpaired) electrons. The van der Waals surface area contributed by atoms with E-state index in [0.717, 1.165) is 31.5 Å². The second-order valence-electron chi connectivity index (χ2n) is 7.61. The molecule has 1 aliphatic heterocycles. The lowest BCUT2D eigenvalue weighted by atomic mass is 10.1. The van der Waals surface area contributed by atoms with Gasteiger partial charge in [0.1, 0.15) is 0 Å². The van der Waals surface area contributed by atoms with Gasteiger partial charge in [0.15, 0.2) is 18.1 Å². The maximum Gasteiger partial charge on any atom is 0.260 e. The van der Waals surface area contributed by atoms with Crippen LogP contribution >= 0.6 is 11.6 Å². The molecule has 1 heterocycles. The summed E-state index contributed by atoms with van der Waals surface area (Å²) in [5.41, 5.74) is 1.48. The van der Waals surface area contributed by atoms with Crippen LogP contribution in [0.3, 0.4) is 0 Å². The Hall–Kier alpha value is -2.73. The van der Waals surface area contributed by atoms with Gasteiger partial charge in [-0.2, -0.15) is 0 Å². The lowest BCUT2D eigenvalue weighted by Gasteiger charge is -2.26. The molecule has 31 heavy (non-hydrogen) atoms. The number of ether oxygens (including phenoxy) is 2. The Kier molecular flexibility index (Phi) is 8.18. The molecule has 1 fully saturated rings. The molecule has 3 rings (SSSR count). The van der Waals surface area contributed by atoms with Crippen LogP contribution in [0, 0.1) is 0 Å². The first-order chi connectivity index (χ1) is 15.0. The van der Waals surface area contributed by atoms with Crippen LogP contribution in [0.15, 0.2) is 42.5 Å².